The van der Waals surface area contributed by atoms with Crippen LogP contribution in [0.15, 0.2) is 73.3 Å². The maximum atomic E-state index is 15.4. The van der Waals surface area contributed by atoms with Crippen molar-refractivity contribution in [2.75, 3.05) is 6.61 Å². The summed E-state index contributed by atoms with van der Waals surface area (Å²) in [6.45, 7) is 6.31. The Morgan fingerprint density at radius 1 is 0.791 bits per heavy atom. The van der Waals surface area contributed by atoms with Crippen LogP contribution in [0.3, 0.4) is 0 Å². The lowest BCUT2D eigenvalue weighted by atomic mass is 9.70. The molecule has 0 saturated heterocycles. The zero-order valence-corrected chi connectivity index (χ0v) is 25.5. The van der Waals surface area contributed by atoms with Gasteiger partial charge in [0.05, 0.1) is 6.61 Å². The molecule has 0 aromatic heterocycles. The third-order valence-corrected chi connectivity index (χ3v) is 9.69. The van der Waals surface area contributed by atoms with Gasteiger partial charge in [-0.15, -0.1) is 6.58 Å². The van der Waals surface area contributed by atoms with Crippen molar-refractivity contribution in [1.29, 1.82) is 0 Å². The van der Waals surface area contributed by atoms with Crippen LogP contribution < -0.4 is 4.74 Å². The summed E-state index contributed by atoms with van der Waals surface area (Å²) in [6, 6.07) is 15.6. The molecule has 0 N–H and O–H groups in total. The molecule has 2 aliphatic carbocycles. The Morgan fingerprint density at radius 2 is 1.51 bits per heavy atom. The van der Waals surface area contributed by atoms with E-state index in [1.165, 1.54) is 38.2 Å². The summed E-state index contributed by atoms with van der Waals surface area (Å²) in [5.41, 5.74) is 4.13. The number of rotatable bonds is 12. The van der Waals surface area contributed by atoms with Crippen LogP contribution in [0.4, 0.5) is 13.2 Å². The van der Waals surface area contributed by atoms with Crippen molar-refractivity contribution < 1.29 is 17.9 Å². The number of hydrogen-bond donors (Lipinski definition) is 0. The van der Waals surface area contributed by atoms with E-state index in [1.54, 1.807) is 24.3 Å². The second kappa shape index (κ2) is 14.9. The van der Waals surface area contributed by atoms with Crippen molar-refractivity contribution in [2.45, 2.75) is 84.0 Å². The van der Waals surface area contributed by atoms with E-state index in [0.717, 1.165) is 79.4 Å². The maximum Gasteiger partial charge on any atom is 0.201 e. The van der Waals surface area contributed by atoms with Crippen LogP contribution in [-0.4, -0.2) is 6.61 Å². The number of allylic oxidation sites excluding steroid dienone is 3. The predicted octanol–water partition coefficient (Wildman–Crippen LogP) is 12.0. The Kier molecular flexibility index (Phi) is 10.8. The van der Waals surface area contributed by atoms with E-state index in [4.69, 9.17) is 4.74 Å². The van der Waals surface area contributed by atoms with E-state index in [9.17, 15) is 8.78 Å². The van der Waals surface area contributed by atoms with Crippen molar-refractivity contribution in [2.24, 2.45) is 17.8 Å². The molecule has 0 aliphatic heterocycles. The molecule has 1 nitrogen and oxygen atoms in total. The van der Waals surface area contributed by atoms with Crippen molar-refractivity contribution in [3.8, 4) is 28.0 Å². The molecular weight excluding hydrogens is 541 g/mol. The minimum Gasteiger partial charge on any atom is -0.490 e. The highest BCUT2D eigenvalue weighted by atomic mass is 19.2. The van der Waals surface area contributed by atoms with E-state index >= 15 is 4.39 Å². The molecule has 3 aromatic rings. The molecule has 0 spiro atoms. The van der Waals surface area contributed by atoms with Crippen LogP contribution in [-0.2, 0) is 0 Å². The average molecular weight is 587 g/mol. The minimum absolute atomic E-state index is 0.0600. The molecule has 1 atom stereocenters. The fourth-order valence-electron chi connectivity index (χ4n) is 7.03. The molecule has 5 rings (SSSR count). The maximum absolute atomic E-state index is 15.4. The van der Waals surface area contributed by atoms with Gasteiger partial charge in [-0.2, -0.15) is 4.39 Å². The van der Waals surface area contributed by atoms with E-state index in [-0.39, 0.29) is 17.1 Å². The van der Waals surface area contributed by atoms with Crippen molar-refractivity contribution >= 4 is 5.57 Å². The standard InChI is InChI=1S/C39H45F3O/c1-3-5-7-25-43-37-24-23-35(38(41)39(37)42)32-19-15-30(16-20-32)33-21-22-34(36(40)26-33)31-17-13-29(14-18-31)28-11-9-27(10-12-28)8-6-4-2/h4,15-17,19-24,26-29H,2-3,5-14,18,25H2,1H3. The lowest BCUT2D eigenvalue weighted by molar-refractivity contribution is 0.190. The number of benzene rings is 3. The lowest BCUT2D eigenvalue weighted by Crippen LogP contribution is -2.23. The molecular formula is C39H45F3O. The quantitative estimate of drug-likeness (QED) is 0.151. The van der Waals surface area contributed by atoms with Gasteiger partial charge in [0.15, 0.2) is 11.6 Å². The van der Waals surface area contributed by atoms with Gasteiger partial charge >= 0.3 is 0 Å². The summed E-state index contributed by atoms with van der Waals surface area (Å²) in [5.74, 6) is 0.230. The highest BCUT2D eigenvalue weighted by molar-refractivity contribution is 5.74. The van der Waals surface area contributed by atoms with E-state index in [0.29, 0.717) is 17.7 Å². The van der Waals surface area contributed by atoms with E-state index < -0.39 is 11.6 Å². The molecule has 1 fully saturated rings. The normalized spacial score (nSPS) is 20.5. The van der Waals surface area contributed by atoms with Crippen molar-refractivity contribution in [3.05, 3.63) is 96.3 Å². The van der Waals surface area contributed by atoms with E-state index in [1.807, 2.05) is 30.3 Å². The summed E-state index contributed by atoms with van der Waals surface area (Å²) in [6.07, 6.45) is 18.0. The summed E-state index contributed by atoms with van der Waals surface area (Å²) in [7, 11) is 0. The summed E-state index contributed by atoms with van der Waals surface area (Å²) in [5, 5.41) is 0. The Bertz CT molecular complexity index is 1400. The molecule has 0 amide bonds. The minimum atomic E-state index is -0.967. The summed E-state index contributed by atoms with van der Waals surface area (Å²) >= 11 is 0. The number of halogens is 3. The number of ether oxygens (including phenoxy) is 1. The van der Waals surface area contributed by atoms with Crippen LogP contribution >= 0.6 is 0 Å². The largest absolute Gasteiger partial charge is 0.490 e. The summed E-state index contributed by atoms with van der Waals surface area (Å²) in [4.78, 5) is 0. The molecule has 0 radical (unpaired) electrons. The smallest absolute Gasteiger partial charge is 0.201 e. The highest BCUT2D eigenvalue weighted by Crippen LogP contribution is 2.42. The van der Waals surface area contributed by atoms with Crippen LogP contribution in [0, 0.1) is 35.2 Å². The topological polar surface area (TPSA) is 9.23 Å². The van der Waals surface area contributed by atoms with Crippen molar-refractivity contribution in [1.82, 2.24) is 0 Å². The first kappa shape index (κ1) is 31.2. The predicted molar refractivity (Wildman–Crippen MR) is 172 cm³/mol. The SMILES string of the molecule is C=CCCC1CCC(C2CC=C(c3ccc(-c4ccc(-c5ccc(OCCCCC)c(F)c5F)cc4)cc3F)CC2)CC1. The Balaban J connectivity index is 1.21. The molecule has 2 aliphatic rings. The molecule has 0 bridgehead atoms. The molecule has 43 heavy (non-hydrogen) atoms. The van der Waals surface area contributed by atoms with Gasteiger partial charge in [-0.25, -0.2) is 8.78 Å². The van der Waals surface area contributed by atoms with Crippen molar-refractivity contribution in [3.63, 3.8) is 0 Å². The van der Waals surface area contributed by atoms with Gasteiger partial charge in [-0.3, -0.25) is 0 Å². The van der Waals surface area contributed by atoms with Gasteiger partial charge in [0.25, 0.3) is 0 Å². The zero-order chi connectivity index (χ0) is 30.2. The van der Waals surface area contributed by atoms with Crippen LogP contribution in [0.1, 0.15) is 89.5 Å². The fraction of sp³-hybridized carbons (Fsp3) is 0.436. The van der Waals surface area contributed by atoms with Gasteiger partial charge in [0.2, 0.25) is 5.82 Å². The molecule has 1 unspecified atom stereocenters. The monoisotopic (exact) mass is 586 g/mol. The molecule has 4 heteroatoms. The average Bonchev–Trinajstić information content (AvgIpc) is 3.04. The van der Waals surface area contributed by atoms with Gasteiger partial charge in [0, 0.05) is 11.1 Å². The number of hydrogen-bond acceptors (Lipinski definition) is 1. The second-order valence-corrected chi connectivity index (χ2v) is 12.5. The zero-order valence-electron chi connectivity index (χ0n) is 25.5. The first-order valence-electron chi connectivity index (χ1n) is 16.3. The second-order valence-electron chi connectivity index (χ2n) is 12.5. The lowest BCUT2D eigenvalue weighted by Gasteiger charge is -2.35. The van der Waals surface area contributed by atoms with Gasteiger partial charge in [-0.1, -0.05) is 81.2 Å². The van der Waals surface area contributed by atoms with Gasteiger partial charge < -0.3 is 4.74 Å². The van der Waals surface area contributed by atoms with E-state index in [2.05, 4.69) is 19.6 Å². The van der Waals surface area contributed by atoms with Crippen LogP contribution in [0.2, 0.25) is 0 Å². The Hall–Kier alpha value is -3.27. The Labute approximate surface area is 255 Å². The third-order valence-electron chi connectivity index (χ3n) is 9.69. The van der Waals surface area contributed by atoms with Gasteiger partial charge in [0.1, 0.15) is 5.82 Å². The van der Waals surface area contributed by atoms with Crippen LogP contribution in [0.5, 0.6) is 5.75 Å². The van der Waals surface area contributed by atoms with Crippen LogP contribution in [0.25, 0.3) is 27.8 Å². The molecule has 0 heterocycles. The fourth-order valence-corrected chi connectivity index (χ4v) is 7.03. The number of unbranched alkanes of at least 4 members (excludes halogenated alkanes) is 2. The molecule has 3 aromatic carbocycles. The summed E-state index contributed by atoms with van der Waals surface area (Å²) < 4.78 is 50.4. The molecule has 228 valence electrons. The molecule has 1 saturated carbocycles. The Morgan fingerprint density at radius 3 is 2.19 bits per heavy atom. The highest BCUT2D eigenvalue weighted by Gasteiger charge is 2.29. The first-order chi connectivity index (χ1) is 21.0. The third kappa shape index (κ3) is 7.63. The van der Waals surface area contributed by atoms with Gasteiger partial charge in [-0.05, 0) is 110 Å². The first-order valence-corrected chi connectivity index (χ1v) is 16.3.